The van der Waals surface area contributed by atoms with Gasteiger partial charge in [0, 0.05) is 16.8 Å². The third-order valence-electron chi connectivity index (χ3n) is 3.64. The second kappa shape index (κ2) is 12.4. The molecule has 1 aromatic rings. The van der Waals surface area contributed by atoms with Crippen LogP contribution in [-0.2, 0) is 22.2 Å². The van der Waals surface area contributed by atoms with E-state index < -0.39 is 23.0 Å². The molecule has 2 atom stereocenters. The highest BCUT2D eigenvalue weighted by molar-refractivity contribution is 9.09. The van der Waals surface area contributed by atoms with E-state index in [0.29, 0.717) is 5.75 Å². The number of rotatable bonds is 13. The van der Waals surface area contributed by atoms with Gasteiger partial charge in [0.15, 0.2) is 0 Å². The van der Waals surface area contributed by atoms with Crippen LogP contribution in [0.15, 0.2) is 24.3 Å². The lowest BCUT2D eigenvalue weighted by Gasteiger charge is -2.10. The maximum absolute atomic E-state index is 12.1. The van der Waals surface area contributed by atoms with Gasteiger partial charge in [-0.3, -0.25) is 4.79 Å². The number of halogens is 1. The molecule has 1 unspecified atom stereocenters. The molecule has 0 aliphatic rings. The lowest BCUT2D eigenvalue weighted by molar-refractivity contribution is -0.138. The SMILES string of the molecule is N[C@@H](Cc1cccc(NS(=O)CCCCCCCCBr)c1)C(=O)O. The van der Waals surface area contributed by atoms with Gasteiger partial charge in [-0.05, 0) is 37.0 Å². The summed E-state index contributed by atoms with van der Waals surface area (Å²) in [5, 5.41) is 9.92. The molecule has 136 valence electrons. The summed E-state index contributed by atoms with van der Waals surface area (Å²) in [4.78, 5) is 10.8. The Morgan fingerprint density at radius 2 is 1.88 bits per heavy atom. The Morgan fingerprint density at radius 3 is 2.54 bits per heavy atom. The molecule has 0 aromatic heterocycles. The monoisotopic (exact) mass is 418 g/mol. The standard InChI is InChI=1S/C17H27BrN2O3S/c18-10-5-3-1-2-4-6-11-24(23)20-15-9-7-8-14(12-15)13-16(19)17(21)22/h7-9,12,16,20H,1-6,10-11,13,19H2,(H,21,22)/t16-,24?/m0/s1. The third kappa shape index (κ3) is 9.39. The Balaban J connectivity index is 2.30. The van der Waals surface area contributed by atoms with Crippen molar-refractivity contribution in [1.29, 1.82) is 0 Å². The van der Waals surface area contributed by atoms with Crippen molar-refractivity contribution in [3.63, 3.8) is 0 Å². The first-order valence-corrected chi connectivity index (χ1v) is 10.8. The molecule has 0 bridgehead atoms. The summed E-state index contributed by atoms with van der Waals surface area (Å²) in [6, 6.07) is 6.35. The van der Waals surface area contributed by atoms with Crippen molar-refractivity contribution >= 4 is 38.6 Å². The van der Waals surface area contributed by atoms with E-state index >= 15 is 0 Å². The topological polar surface area (TPSA) is 92.4 Å². The van der Waals surface area contributed by atoms with Gasteiger partial charge in [0.05, 0.1) is 0 Å². The van der Waals surface area contributed by atoms with Crippen molar-refractivity contribution in [3.8, 4) is 0 Å². The van der Waals surface area contributed by atoms with E-state index in [1.165, 1.54) is 25.7 Å². The van der Waals surface area contributed by atoms with Crippen molar-refractivity contribution in [2.45, 2.75) is 51.0 Å². The predicted molar refractivity (Wildman–Crippen MR) is 104 cm³/mol. The molecule has 0 aliphatic carbocycles. The number of carbonyl (C=O) groups is 1. The van der Waals surface area contributed by atoms with Crippen LogP contribution < -0.4 is 10.5 Å². The summed E-state index contributed by atoms with van der Waals surface area (Å²) in [6.07, 6.45) is 7.18. The fourth-order valence-corrected chi connectivity index (χ4v) is 3.67. The number of benzene rings is 1. The lowest BCUT2D eigenvalue weighted by Crippen LogP contribution is -2.32. The van der Waals surface area contributed by atoms with Gasteiger partial charge in [0.2, 0.25) is 0 Å². The zero-order valence-corrected chi connectivity index (χ0v) is 16.3. The van der Waals surface area contributed by atoms with E-state index in [4.69, 9.17) is 10.8 Å². The minimum atomic E-state index is -1.11. The normalized spacial score (nSPS) is 13.4. The van der Waals surface area contributed by atoms with Gasteiger partial charge in [-0.15, -0.1) is 0 Å². The molecule has 24 heavy (non-hydrogen) atoms. The molecule has 1 aromatic carbocycles. The first kappa shape index (κ1) is 21.1. The van der Waals surface area contributed by atoms with Gasteiger partial charge >= 0.3 is 5.97 Å². The molecule has 5 nitrogen and oxygen atoms in total. The summed E-state index contributed by atoms with van der Waals surface area (Å²) in [5.41, 5.74) is 7.10. The molecule has 0 saturated heterocycles. The molecule has 4 N–H and O–H groups in total. The van der Waals surface area contributed by atoms with Gasteiger partial charge in [0.1, 0.15) is 17.0 Å². The summed E-state index contributed by atoms with van der Waals surface area (Å²) in [6.45, 7) is 0. The molecule has 7 heteroatoms. The molecule has 0 fully saturated rings. The zero-order chi connectivity index (χ0) is 17.8. The molecule has 0 saturated carbocycles. The fourth-order valence-electron chi connectivity index (χ4n) is 2.32. The second-order valence-electron chi connectivity index (χ2n) is 5.81. The average molecular weight is 419 g/mol. The number of carboxylic acid groups (broad SMARTS) is 1. The largest absolute Gasteiger partial charge is 0.480 e. The van der Waals surface area contributed by atoms with Crippen molar-refractivity contribution in [2.75, 3.05) is 15.8 Å². The smallest absolute Gasteiger partial charge is 0.320 e. The quantitative estimate of drug-likeness (QED) is 0.337. The van der Waals surface area contributed by atoms with Crippen LogP contribution in [-0.4, -0.2) is 32.4 Å². The lowest BCUT2D eigenvalue weighted by atomic mass is 10.1. The molecule has 0 spiro atoms. The van der Waals surface area contributed by atoms with E-state index in [1.807, 2.05) is 18.2 Å². The van der Waals surface area contributed by atoms with Gasteiger partial charge in [-0.2, -0.15) is 0 Å². The Labute approximate surface area is 155 Å². The number of nitrogens with one attached hydrogen (secondary N) is 1. The van der Waals surface area contributed by atoms with Crippen LogP contribution in [0.3, 0.4) is 0 Å². The number of hydrogen-bond acceptors (Lipinski definition) is 3. The number of alkyl halides is 1. The Kier molecular flexibility index (Phi) is 11.0. The van der Waals surface area contributed by atoms with Crippen molar-refractivity contribution < 1.29 is 14.1 Å². The molecule has 0 amide bonds. The highest BCUT2D eigenvalue weighted by Gasteiger charge is 2.12. The maximum atomic E-state index is 12.1. The molecule has 0 heterocycles. The molecule has 0 aliphatic heterocycles. The summed E-state index contributed by atoms with van der Waals surface area (Å²) < 4.78 is 15.0. The minimum absolute atomic E-state index is 0.256. The number of hydrogen-bond donors (Lipinski definition) is 3. The predicted octanol–water partition coefficient (Wildman–Crippen LogP) is 3.45. The van der Waals surface area contributed by atoms with Crippen LogP contribution in [0.2, 0.25) is 0 Å². The molecule has 1 rings (SSSR count). The zero-order valence-electron chi connectivity index (χ0n) is 13.9. The summed E-state index contributed by atoms with van der Waals surface area (Å²) >= 11 is 3.42. The fraction of sp³-hybridized carbons (Fsp3) is 0.588. The van der Waals surface area contributed by atoms with Crippen LogP contribution in [0.25, 0.3) is 0 Å². The molecular formula is C17H27BrN2O3S. The van der Waals surface area contributed by atoms with Crippen molar-refractivity contribution in [3.05, 3.63) is 29.8 Å². The Bertz CT molecular complexity index is 528. The minimum Gasteiger partial charge on any atom is -0.480 e. The van der Waals surface area contributed by atoms with Crippen LogP contribution in [0, 0.1) is 0 Å². The van der Waals surface area contributed by atoms with E-state index in [-0.39, 0.29) is 6.42 Å². The van der Waals surface area contributed by atoms with E-state index in [1.54, 1.807) is 6.07 Å². The number of carboxylic acids is 1. The highest BCUT2D eigenvalue weighted by Crippen LogP contribution is 2.14. The van der Waals surface area contributed by atoms with E-state index in [2.05, 4.69) is 20.7 Å². The number of unbranched alkanes of at least 4 members (excludes halogenated alkanes) is 5. The Morgan fingerprint density at radius 1 is 1.21 bits per heavy atom. The van der Waals surface area contributed by atoms with Gasteiger partial charge in [0.25, 0.3) is 0 Å². The van der Waals surface area contributed by atoms with Crippen molar-refractivity contribution in [1.82, 2.24) is 0 Å². The third-order valence-corrected chi connectivity index (χ3v) is 5.33. The Hall–Kier alpha value is -0.920. The second-order valence-corrected chi connectivity index (χ2v) is 7.91. The first-order chi connectivity index (χ1) is 11.5. The maximum Gasteiger partial charge on any atom is 0.320 e. The van der Waals surface area contributed by atoms with Crippen LogP contribution in [0.1, 0.15) is 44.1 Å². The van der Waals surface area contributed by atoms with Crippen LogP contribution in [0.4, 0.5) is 5.69 Å². The molecular weight excluding hydrogens is 392 g/mol. The highest BCUT2D eigenvalue weighted by atomic mass is 79.9. The van der Waals surface area contributed by atoms with Gasteiger partial charge in [-0.25, -0.2) is 4.21 Å². The van der Waals surface area contributed by atoms with Crippen LogP contribution in [0.5, 0.6) is 0 Å². The summed E-state index contributed by atoms with van der Waals surface area (Å²) in [7, 11) is -1.11. The van der Waals surface area contributed by atoms with E-state index in [0.717, 1.165) is 29.4 Å². The van der Waals surface area contributed by atoms with Gasteiger partial charge in [-0.1, -0.05) is 53.7 Å². The van der Waals surface area contributed by atoms with Gasteiger partial charge < -0.3 is 15.6 Å². The van der Waals surface area contributed by atoms with Crippen molar-refractivity contribution in [2.24, 2.45) is 5.73 Å². The summed E-state index contributed by atoms with van der Waals surface area (Å²) in [5.74, 6) is -0.398. The average Bonchev–Trinajstić information content (AvgIpc) is 2.54. The number of aliphatic carboxylic acids is 1. The number of nitrogens with two attached hydrogens (primary N) is 1. The van der Waals surface area contributed by atoms with Crippen LogP contribution >= 0.6 is 15.9 Å². The number of anilines is 1. The molecule has 0 radical (unpaired) electrons. The first-order valence-electron chi connectivity index (χ1n) is 8.31. The van der Waals surface area contributed by atoms with E-state index in [9.17, 15) is 9.00 Å².